The Balaban J connectivity index is 1.75. The molecule has 8 nitrogen and oxygen atoms in total. The number of nitrogens with zero attached hydrogens (tertiary/aromatic N) is 4. The molecule has 0 spiro atoms. The van der Waals surface area contributed by atoms with Crippen LogP contribution in [0.5, 0.6) is 0 Å². The van der Waals surface area contributed by atoms with E-state index in [2.05, 4.69) is 49.3 Å². The molecular weight excluding hydrogens is 525 g/mol. The zero-order chi connectivity index (χ0) is 28.5. The van der Waals surface area contributed by atoms with Gasteiger partial charge in [-0.1, -0.05) is 63.5 Å². The summed E-state index contributed by atoms with van der Waals surface area (Å²) in [5.41, 5.74) is 1.39. The van der Waals surface area contributed by atoms with Crippen LogP contribution in [0, 0.1) is 5.92 Å². The van der Waals surface area contributed by atoms with Crippen LogP contribution in [0.2, 0.25) is 51.4 Å². The van der Waals surface area contributed by atoms with Gasteiger partial charge < -0.3 is 23.7 Å². The number of ketones is 1. The van der Waals surface area contributed by atoms with Gasteiger partial charge in [-0.2, -0.15) is 0 Å². The SMILES string of the molecule is C[Si](C)(C)CCOCn1ccnc1CC(Cc1nccn1COCC[Si](C)(C)C)C(=O)c1ccc(CO)cc1. The first kappa shape index (κ1) is 31.2. The Morgan fingerprint density at radius 1 is 0.821 bits per heavy atom. The maximum Gasteiger partial charge on any atom is 0.166 e. The van der Waals surface area contributed by atoms with Crippen LogP contribution in [0.3, 0.4) is 0 Å². The fraction of sp³-hybridized carbons (Fsp3) is 0.552. The first-order valence-electron chi connectivity index (χ1n) is 13.8. The van der Waals surface area contributed by atoms with E-state index >= 15 is 0 Å². The number of rotatable bonds is 17. The Bertz CT molecular complexity index is 1100. The van der Waals surface area contributed by atoms with Crippen molar-refractivity contribution in [1.82, 2.24) is 19.1 Å². The van der Waals surface area contributed by atoms with Crippen molar-refractivity contribution in [2.24, 2.45) is 5.92 Å². The van der Waals surface area contributed by atoms with Crippen molar-refractivity contribution < 1.29 is 19.4 Å². The van der Waals surface area contributed by atoms with Crippen molar-refractivity contribution in [3.8, 4) is 0 Å². The van der Waals surface area contributed by atoms with E-state index in [0.717, 1.165) is 42.5 Å². The average molecular weight is 571 g/mol. The van der Waals surface area contributed by atoms with Gasteiger partial charge in [-0.3, -0.25) is 4.79 Å². The van der Waals surface area contributed by atoms with E-state index in [1.165, 1.54) is 0 Å². The normalized spacial score (nSPS) is 12.4. The van der Waals surface area contributed by atoms with Gasteiger partial charge >= 0.3 is 0 Å². The topological polar surface area (TPSA) is 91.4 Å². The number of aliphatic hydroxyl groups excluding tert-OH is 1. The quantitative estimate of drug-likeness (QED) is 0.131. The van der Waals surface area contributed by atoms with E-state index in [1.54, 1.807) is 36.7 Å². The highest BCUT2D eigenvalue weighted by Crippen LogP contribution is 2.20. The summed E-state index contributed by atoms with van der Waals surface area (Å²) in [4.78, 5) is 22.9. The molecule has 0 unspecified atom stereocenters. The van der Waals surface area contributed by atoms with Crippen molar-refractivity contribution in [2.75, 3.05) is 13.2 Å². The zero-order valence-corrected chi connectivity index (χ0v) is 26.5. The Labute approximate surface area is 235 Å². The van der Waals surface area contributed by atoms with Crippen LogP contribution in [0.4, 0.5) is 0 Å². The predicted molar refractivity (Wildman–Crippen MR) is 160 cm³/mol. The number of imidazole rings is 2. The molecule has 1 aromatic carbocycles. The molecule has 0 aliphatic carbocycles. The van der Waals surface area contributed by atoms with Gasteiger partial charge in [-0.25, -0.2) is 9.97 Å². The van der Waals surface area contributed by atoms with Gasteiger partial charge in [0.05, 0.1) is 6.61 Å². The molecule has 0 aliphatic rings. The van der Waals surface area contributed by atoms with Crippen LogP contribution >= 0.6 is 0 Å². The number of benzene rings is 1. The smallest absolute Gasteiger partial charge is 0.166 e. The molecule has 10 heteroatoms. The van der Waals surface area contributed by atoms with Gasteiger partial charge in [-0.15, -0.1) is 0 Å². The first-order chi connectivity index (χ1) is 18.4. The van der Waals surface area contributed by atoms with Gasteiger partial charge in [0, 0.05) is 78.5 Å². The van der Waals surface area contributed by atoms with Crippen LogP contribution in [0.15, 0.2) is 49.1 Å². The van der Waals surface area contributed by atoms with E-state index in [-0.39, 0.29) is 18.3 Å². The molecule has 0 saturated carbocycles. The van der Waals surface area contributed by atoms with Crippen LogP contribution in [-0.4, -0.2) is 59.4 Å². The standard InChI is InChI=1S/C29H46N4O4Si2/c1-38(2,3)17-15-36-22-32-13-11-30-27(32)19-26(29(35)25-9-7-24(21-34)8-10-25)20-28-31-12-14-33(28)23-37-16-18-39(4,5)6/h7-14,26,34H,15-23H2,1-6H3. The van der Waals surface area contributed by atoms with Gasteiger partial charge in [0.25, 0.3) is 0 Å². The lowest BCUT2D eigenvalue weighted by atomic mass is 9.90. The summed E-state index contributed by atoms with van der Waals surface area (Å²) in [6.45, 7) is 16.3. The second-order valence-electron chi connectivity index (χ2n) is 12.6. The van der Waals surface area contributed by atoms with E-state index in [1.807, 2.05) is 21.5 Å². The molecule has 0 fully saturated rings. The van der Waals surface area contributed by atoms with Gasteiger partial charge in [0.15, 0.2) is 5.78 Å². The largest absolute Gasteiger partial charge is 0.392 e. The van der Waals surface area contributed by atoms with E-state index in [9.17, 15) is 9.90 Å². The van der Waals surface area contributed by atoms with Gasteiger partial charge in [0.1, 0.15) is 25.1 Å². The molecular formula is C29H46N4O4Si2. The minimum Gasteiger partial charge on any atom is -0.392 e. The van der Waals surface area contributed by atoms with E-state index in [4.69, 9.17) is 9.47 Å². The summed E-state index contributed by atoms with van der Waals surface area (Å²) in [6.07, 6.45) is 8.29. The van der Waals surface area contributed by atoms with Crippen LogP contribution in [-0.2, 0) is 42.4 Å². The monoisotopic (exact) mass is 570 g/mol. The Kier molecular flexibility index (Phi) is 11.4. The maximum absolute atomic E-state index is 13.8. The van der Waals surface area contributed by atoms with Crippen LogP contribution < -0.4 is 0 Å². The zero-order valence-electron chi connectivity index (χ0n) is 24.5. The minimum atomic E-state index is -1.17. The lowest BCUT2D eigenvalue weighted by molar-refractivity contribution is 0.0806. The first-order valence-corrected chi connectivity index (χ1v) is 21.3. The predicted octanol–water partition coefficient (Wildman–Crippen LogP) is 5.48. The van der Waals surface area contributed by atoms with E-state index in [0.29, 0.717) is 31.9 Å². The number of Topliss-reactive ketones (excluding diaryl/α,β-unsaturated/α-hetero) is 1. The highest BCUT2D eigenvalue weighted by molar-refractivity contribution is 6.76. The van der Waals surface area contributed by atoms with Crippen molar-refractivity contribution in [1.29, 1.82) is 0 Å². The molecule has 214 valence electrons. The summed E-state index contributed by atoms with van der Waals surface area (Å²) in [7, 11) is -2.34. The van der Waals surface area contributed by atoms with Gasteiger partial charge in [-0.05, 0) is 17.7 Å². The number of ether oxygens (including phenoxy) is 2. The molecule has 1 N–H and O–H groups in total. The Morgan fingerprint density at radius 3 is 1.69 bits per heavy atom. The van der Waals surface area contributed by atoms with Crippen LogP contribution in [0.1, 0.15) is 27.6 Å². The third-order valence-electron chi connectivity index (χ3n) is 6.71. The number of aromatic nitrogens is 4. The molecule has 0 atom stereocenters. The summed E-state index contributed by atoms with van der Waals surface area (Å²) in [6, 6.07) is 9.38. The third kappa shape index (κ3) is 10.6. The van der Waals surface area contributed by atoms with E-state index < -0.39 is 16.1 Å². The number of hydrogen-bond acceptors (Lipinski definition) is 6. The molecule has 0 aliphatic heterocycles. The van der Waals surface area contributed by atoms with Crippen molar-refractivity contribution in [2.45, 2.75) is 84.3 Å². The highest BCUT2D eigenvalue weighted by Gasteiger charge is 2.25. The fourth-order valence-electron chi connectivity index (χ4n) is 4.09. The van der Waals surface area contributed by atoms with Crippen molar-refractivity contribution in [3.05, 3.63) is 71.8 Å². The Morgan fingerprint density at radius 2 is 1.28 bits per heavy atom. The molecule has 39 heavy (non-hydrogen) atoms. The lowest BCUT2D eigenvalue weighted by Gasteiger charge is -2.19. The molecule has 3 aromatic rings. The van der Waals surface area contributed by atoms with Crippen molar-refractivity contribution >= 4 is 21.9 Å². The fourth-order valence-corrected chi connectivity index (χ4v) is 5.60. The average Bonchev–Trinajstić information content (AvgIpc) is 3.51. The second kappa shape index (κ2) is 14.3. The van der Waals surface area contributed by atoms with Crippen LogP contribution in [0.25, 0.3) is 0 Å². The summed E-state index contributed by atoms with van der Waals surface area (Å²) < 4.78 is 15.9. The molecule has 0 radical (unpaired) electrons. The molecule has 0 amide bonds. The second-order valence-corrected chi connectivity index (χ2v) is 23.9. The maximum atomic E-state index is 13.8. The number of carbonyl (C=O) groups is 1. The lowest BCUT2D eigenvalue weighted by Crippen LogP contribution is -2.25. The molecule has 2 heterocycles. The molecule has 3 rings (SSSR count). The molecule has 0 bridgehead atoms. The van der Waals surface area contributed by atoms with Crippen molar-refractivity contribution in [3.63, 3.8) is 0 Å². The summed E-state index contributed by atoms with van der Waals surface area (Å²) in [5.74, 6) is 1.30. The number of aliphatic hydroxyl groups is 1. The van der Waals surface area contributed by atoms with Gasteiger partial charge in [0.2, 0.25) is 0 Å². The number of carbonyl (C=O) groups excluding carboxylic acids is 1. The molecule has 2 aromatic heterocycles. The minimum absolute atomic E-state index is 0.0305. The third-order valence-corrected chi connectivity index (χ3v) is 10.1. The summed E-state index contributed by atoms with van der Waals surface area (Å²) in [5, 5.41) is 9.42. The Hall–Kier alpha value is -2.38. The highest BCUT2D eigenvalue weighted by atomic mass is 28.3. The molecule has 0 saturated heterocycles. The number of hydrogen-bond donors (Lipinski definition) is 1. The summed E-state index contributed by atoms with van der Waals surface area (Å²) >= 11 is 0.